The Hall–Kier alpha value is -1.30. The average molecular weight is 191 g/mol. The highest BCUT2D eigenvalue weighted by atomic mass is 16.7. The van der Waals surface area contributed by atoms with E-state index in [-0.39, 0.29) is 0 Å². The summed E-state index contributed by atoms with van der Waals surface area (Å²) in [5, 5.41) is 0. The molecule has 0 aromatic rings. The van der Waals surface area contributed by atoms with E-state index < -0.39 is 24.2 Å². The van der Waals surface area contributed by atoms with E-state index in [0.717, 1.165) is 0 Å². The number of nitrogens with one attached hydrogen (secondary N) is 1. The summed E-state index contributed by atoms with van der Waals surface area (Å²) in [7, 11) is 0. The van der Waals surface area contributed by atoms with Crippen LogP contribution >= 0.6 is 0 Å². The summed E-state index contributed by atoms with van der Waals surface area (Å²) in [5.41, 5.74) is 2.86. The molecule has 0 aliphatic heterocycles. The van der Waals surface area contributed by atoms with Gasteiger partial charge in [-0.1, -0.05) is 0 Å². The van der Waals surface area contributed by atoms with E-state index in [4.69, 9.17) is 6.15 Å². The maximum atomic E-state index is 10.9. The maximum Gasteiger partial charge on any atom is 0.431 e. The highest BCUT2D eigenvalue weighted by Crippen LogP contribution is 2.05. The number of amides is 2. The van der Waals surface area contributed by atoms with Crippen molar-refractivity contribution in [3.05, 3.63) is 0 Å². The van der Waals surface area contributed by atoms with E-state index in [1.165, 1.54) is 0 Å². The molecule has 0 fully saturated rings. The third-order valence-electron chi connectivity index (χ3n) is 0.758. The average Bonchev–Trinajstić information content (AvgIpc) is 2.00. The van der Waals surface area contributed by atoms with Crippen molar-refractivity contribution >= 4 is 12.0 Å². The predicted molar refractivity (Wildman–Crippen MR) is 44.5 cm³/mol. The van der Waals surface area contributed by atoms with Crippen LogP contribution in [-0.4, -0.2) is 24.2 Å². The topological polar surface area (TPSA) is 90.7 Å². The summed E-state index contributed by atoms with van der Waals surface area (Å²) >= 11 is 0. The predicted octanol–water partition coefficient (Wildman–Crippen LogP) is -0.0720. The molecule has 0 rings (SSSR count). The Morgan fingerprint density at radius 1 is 1.54 bits per heavy atom. The van der Waals surface area contributed by atoms with Crippen molar-refractivity contribution < 1.29 is 20.6 Å². The molecule has 0 bridgehead atoms. The first kappa shape index (κ1) is 9.79. The molecule has 6 heteroatoms. The van der Waals surface area contributed by atoms with Gasteiger partial charge in [-0.3, -0.25) is 9.63 Å². The van der Waals surface area contributed by atoms with Gasteiger partial charge in [0.2, 0.25) is 5.91 Å². The largest absolute Gasteiger partial charge is 0.442 e. The van der Waals surface area contributed by atoms with E-state index in [2.05, 4.69) is 4.84 Å². The summed E-state index contributed by atoms with van der Waals surface area (Å²) in [6.07, 6.45) is -0.782. The van der Waals surface area contributed by atoms with Gasteiger partial charge in [0.15, 0.2) is 8.02 Å². The van der Waals surface area contributed by atoms with Gasteiger partial charge in [-0.05, 0) is 20.8 Å². The molecule has 0 heterocycles. The van der Waals surface area contributed by atoms with E-state index in [9.17, 15) is 9.59 Å². The molecule has 0 aliphatic carbocycles. The smallest absolute Gasteiger partial charge is 0.431 e. The standard InChI is InChI=1S/C7H14N2O4/c1-7(2,3)13-6(11)9-12-4-5(8)10/h4H2,1-3H3,(H2,8,10)(H,9,11)/i/hD. The Labute approximate surface area is 77.8 Å². The van der Waals surface area contributed by atoms with Crippen LogP contribution in [0.4, 0.5) is 4.79 Å². The van der Waals surface area contributed by atoms with Gasteiger partial charge in [0.1, 0.15) is 5.60 Å². The van der Waals surface area contributed by atoms with Crippen LogP contribution in [0.2, 0.25) is 1.41 Å². The Balaban J connectivity index is 3.60. The fourth-order valence-corrected chi connectivity index (χ4v) is 0.459. The monoisotopic (exact) mass is 191 g/mol. The van der Waals surface area contributed by atoms with Gasteiger partial charge in [-0.2, -0.15) is 5.48 Å². The van der Waals surface area contributed by atoms with Crippen molar-refractivity contribution in [2.45, 2.75) is 26.4 Å². The number of primary amides is 1. The Kier molecular flexibility index (Phi) is 3.51. The minimum Gasteiger partial charge on any atom is -0.442 e. The van der Waals surface area contributed by atoms with Gasteiger partial charge in [0.25, 0.3) is 0 Å². The summed E-state index contributed by atoms with van der Waals surface area (Å²) in [6, 6.07) is 0. The number of carbonyl (C=O) groups is 2. The highest BCUT2D eigenvalue weighted by molar-refractivity contribution is 5.75. The molecule has 0 atom stereocenters. The van der Waals surface area contributed by atoms with Crippen LogP contribution in [-0.2, 0) is 14.4 Å². The molecule has 2 amide bonds. The van der Waals surface area contributed by atoms with Gasteiger partial charge in [0, 0.05) is 0 Å². The molecule has 0 aromatic carbocycles. The van der Waals surface area contributed by atoms with Crippen LogP contribution in [0.5, 0.6) is 0 Å². The van der Waals surface area contributed by atoms with Crippen LogP contribution in [0, 0.1) is 0 Å². The summed E-state index contributed by atoms with van der Waals surface area (Å²) in [5.74, 6) is -0.666. The van der Waals surface area contributed by atoms with E-state index in [0.29, 0.717) is 0 Å². The van der Waals surface area contributed by atoms with Crippen LogP contribution in [0.25, 0.3) is 0 Å². The first-order valence-corrected chi connectivity index (χ1v) is 3.66. The molecule has 0 radical (unpaired) electrons. The van der Waals surface area contributed by atoms with Crippen molar-refractivity contribution in [2.75, 3.05) is 6.61 Å². The minimum atomic E-state index is -0.782. The molecule has 0 unspecified atom stereocenters. The third-order valence-corrected chi connectivity index (χ3v) is 0.758. The molecule has 0 aliphatic rings. The lowest BCUT2D eigenvalue weighted by Crippen LogP contribution is -2.34. The summed E-state index contributed by atoms with van der Waals surface area (Å²) in [6.45, 7) is 4.66. The van der Waals surface area contributed by atoms with E-state index in [1.54, 1.807) is 26.5 Å². The van der Waals surface area contributed by atoms with Gasteiger partial charge in [-0.25, -0.2) is 4.79 Å². The molecule has 6 nitrogen and oxygen atoms in total. The fraction of sp³-hybridized carbons (Fsp3) is 0.714. The summed E-state index contributed by atoms with van der Waals surface area (Å²) < 4.78 is 11.2. The van der Waals surface area contributed by atoms with Crippen molar-refractivity contribution in [2.24, 2.45) is 5.73 Å². The first-order chi connectivity index (χ1) is 6.35. The van der Waals surface area contributed by atoms with Gasteiger partial charge in [0.05, 0.1) is 0 Å². The van der Waals surface area contributed by atoms with E-state index in [1.807, 2.05) is 5.48 Å². The molecule has 0 saturated carbocycles. The first-order valence-electron chi connectivity index (χ1n) is 4.16. The second-order valence-electron chi connectivity index (χ2n) is 3.32. The zero-order valence-corrected chi connectivity index (χ0v) is 7.84. The number of rotatable bonds is 3. The number of nitrogens with two attached hydrogens (primary N) is 1. The maximum absolute atomic E-state index is 10.9. The molecule has 0 saturated heterocycles. The number of hydrogen-bond donors (Lipinski definition) is 2. The quantitative estimate of drug-likeness (QED) is 0.611. The third kappa shape index (κ3) is 8.61. The lowest BCUT2D eigenvalue weighted by Gasteiger charge is -2.19. The van der Waals surface area contributed by atoms with Crippen molar-refractivity contribution in [3.8, 4) is 0 Å². The number of carbonyl (C=O) groups excluding carboxylic acids is 2. The second kappa shape index (κ2) is 4.66. The molecule has 0 aromatic heterocycles. The Morgan fingerprint density at radius 3 is 2.62 bits per heavy atom. The lowest BCUT2D eigenvalue weighted by molar-refractivity contribution is -0.124. The van der Waals surface area contributed by atoms with Crippen molar-refractivity contribution in [1.82, 2.24) is 5.48 Å². The Morgan fingerprint density at radius 2 is 2.15 bits per heavy atom. The summed E-state index contributed by atoms with van der Waals surface area (Å²) in [4.78, 5) is 25.8. The molecule has 0 spiro atoms. The normalized spacial score (nSPS) is 11.5. The molecule has 13 heavy (non-hydrogen) atoms. The zero-order chi connectivity index (χ0) is 11.2. The number of hydrogen-bond acceptors (Lipinski definition) is 4. The highest BCUT2D eigenvalue weighted by Gasteiger charge is 2.15. The van der Waals surface area contributed by atoms with Crippen molar-refractivity contribution in [3.63, 3.8) is 0 Å². The van der Waals surface area contributed by atoms with E-state index >= 15 is 0 Å². The molecular weight excluding hydrogens is 176 g/mol. The van der Waals surface area contributed by atoms with Gasteiger partial charge < -0.3 is 10.5 Å². The zero-order valence-electron chi connectivity index (χ0n) is 8.84. The van der Waals surface area contributed by atoms with Gasteiger partial charge in [-0.15, -0.1) is 0 Å². The Bertz CT molecular complexity index is 214. The molecule has 76 valence electrons. The van der Waals surface area contributed by atoms with Crippen LogP contribution < -0.4 is 11.2 Å². The number of hydroxylamine groups is 1. The van der Waals surface area contributed by atoms with Crippen LogP contribution in [0.1, 0.15) is 20.8 Å². The fourth-order valence-electron chi connectivity index (χ4n) is 0.459. The molecule has 3 N–H and O–H groups in total. The van der Waals surface area contributed by atoms with Gasteiger partial charge >= 0.3 is 6.09 Å². The number of ether oxygens (including phenoxy) is 1. The second-order valence-corrected chi connectivity index (χ2v) is 3.32. The van der Waals surface area contributed by atoms with Crippen LogP contribution in [0.3, 0.4) is 0 Å². The minimum absolute atomic E-state index is 0.428. The van der Waals surface area contributed by atoms with Crippen molar-refractivity contribution in [1.29, 1.82) is 0 Å². The lowest BCUT2D eigenvalue weighted by atomic mass is 10.2. The SMILES string of the molecule is [2H]NC(=O)CONC(=O)OC(C)(C)C. The van der Waals surface area contributed by atoms with Crippen LogP contribution in [0.15, 0.2) is 0 Å². The molecular formula is C7H14N2O4.